The molecule has 3 rings (SSSR count). The van der Waals surface area contributed by atoms with Gasteiger partial charge in [-0.15, -0.1) is 11.3 Å². The van der Waals surface area contributed by atoms with Gasteiger partial charge < -0.3 is 9.80 Å². The zero-order valence-corrected chi connectivity index (χ0v) is 14.6. The molecule has 0 N–H and O–H groups in total. The van der Waals surface area contributed by atoms with E-state index in [1.165, 1.54) is 0 Å². The van der Waals surface area contributed by atoms with E-state index in [0.29, 0.717) is 6.42 Å². The summed E-state index contributed by atoms with van der Waals surface area (Å²) in [5.41, 5.74) is 2.19. The van der Waals surface area contributed by atoms with Crippen LogP contribution in [0.4, 0.5) is 5.13 Å². The summed E-state index contributed by atoms with van der Waals surface area (Å²) in [6, 6.07) is 0. The zero-order chi connectivity index (χ0) is 16.2. The molecule has 0 radical (unpaired) electrons. The minimum Gasteiger partial charge on any atom is -0.346 e. The van der Waals surface area contributed by atoms with Crippen molar-refractivity contribution in [3.63, 3.8) is 0 Å². The Kier molecular flexibility index (Phi) is 4.95. The van der Waals surface area contributed by atoms with Crippen LogP contribution in [0.25, 0.3) is 0 Å². The van der Waals surface area contributed by atoms with Gasteiger partial charge in [0.15, 0.2) is 5.13 Å². The molecule has 2 aromatic heterocycles. The predicted molar refractivity (Wildman–Crippen MR) is 91.8 cm³/mol. The molecule has 1 aliphatic heterocycles. The first-order valence-corrected chi connectivity index (χ1v) is 8.92. The molecule has 23 heavy (non-hydrogen) atoms. The molecule has 0 atom stereocenters. The highest BCUT2D eigenvalue weighted by Gasteiger charge is 2.20. The summed E-state index contributed by atoms with van der Waals surface area (Å²) in [5, 5.41) is 7.30. The van der Waals surface area contributed by atoms with Gasteiger partial charge in [-0.05, 0) is 25.3 Å². The van der Waals surface area contributed by atoms with Crippen LogP contribution >= 0.6 is 11.3 Å². The molecule has 1 fully saturated rings. The van der Waals surface area contributed by atoms with Gasteiger partial charge in [0.1, 0.15) is 0 Å². The van der Waals surface area contributed by atoms with Crippen LogP contribution in [0.15, 0.2) is 17.8 Å². The van der Waals surface area contributed by atoms with Crippen molar-refractivity contribution in [2.75, 3.05) is 31.1 Å². The third-order valence-corrected chi connectivity index (χ3v) is 5.13. The number of carbonyl (C=O) groups is 1. The molecule has 0 unspecified atom stereocenters. The first kappa shape index (κ1) is 16.0. The highest BCUT2D eigenvalue weighted by atomic mass is 32.1. The van der Waals surface area contributed by atoms with E-state index in [1.807, 2.05) is 31.3 Å². The van der Waals surface area contributed by atoms with Crippen LogP contribution in [0.2, 0.25) is 0 Å². The molecule has 0 spiro atoms. The lowest BCUT2D eigenvalue weighted by atomic mass is 10.2. The van der Waals surface area contributed by atoms with Crippen molar-refractivity contribution in [3.05, 3.63) is 29.0 Å². The number of hydrogen-bond acceptors (Lipinski definition) is 5. The van der Waals surface area contributed by atoms with E-state index in [1.54, 1.807) is 16.0 Å². The minimum atomic E-state index is 0.242. The van der Waals surface area contributed by atoms with Gasteiger partial charge in [0, 0.05) is 51.2 Å². The van der Waals surface area contributed by atoms with E-state index in [9.17, 15) is 4.79 Å². The fraction of sp³-hybridized carbons (Fsp3) is 0.562. The largest absolute Gasteiger partial charge is 0.346 e. The van der Waals surface area contributed by atoms with Crippen molar-refractivity contribution in [2.45, 2.75) is 26.2 Å². The van der Waals surface area contributed by atoms with Gasteiger partial charge in [-0.3, -0.25) is 9.48 Å². The van der Waals surface area contributed by atoms with E-state index in [2.05, 4.69) is 20.4 Å². The van der Waals surface area contributed by atoms with Gasteiger partial charge in [-0.1, -0.05) is 0 Å². The summed E-state index contributed by atoms with van der Waals surface area (Å²) in [4.78, 5) is 21.3. The van der Waals surface area contributed by atoms with E-state index >= 15 is 0 Å². The topological polar surface area (TPSA) is 54.3 Å². The van der Waals surface area contributed by atoms with Gasteiger partial charge >= 0.3 is 0 Å². The number of aryl methyl sites for hydroxylation is 3. The molecule has 7 heteroatoms. The summed E-state index contributed by atoms with van der Waals surface area (Å²) in [6.07, 6.45) is 6.13. The van der Waals surface area contributed by atoms with Crippen molar-refractivity contribution in [1.82, 2.24) is 19.7 Å². The molecule has 3 heterocycles. The Morgan fingerprint density at radius 1 is 1.30 bits per heavy atom. The van der Waals surface area contributed by atoms with Crippen LogP contribution in [-0.4, -0.2) is 51.8 Å². The van der Waals surface area contributed by atoms with Crippen LogP contribution in [0.1, 0.15) is 24.1 Å². The predicted octanol–water partition coefficient (Wildman–Crippen LogP) is 1.86. The summed E-state index contributed by atoms with van der Waals surface area (Å²) in [5.74, 6) is 0.242. The van der Waals surface area contributed by atoms with Gasteiger partial charge in [0.05, 0.1) is 11.9 Å². The molecule has 0 aromatic carbocycles. The van der Waals surface area contributed by atoms with Crippen molar-refractivity contribution in [2.24, 2.45) is 7.05 Å². The maximum absolute atomic E-state index is 12.4. The SMILES string of the molecule is Cc1csc(N2CCCN(C(=O)CCc3cnn(C)c3)CC2)n1. The number of carbonyl (C=O) groups excluding carboxylic acids is 1. The molecule has 6 nitrogen and oxygen atoms in total. The minimum absolute atomic E-state index is 0.242. The van der Waals surface area contributed by atoms with Crippen LogP contribution in [0, 0.1) is 6.92 Å². The Balaban J connectivity index is 1.51. The first-order chi connectivity index (χ1) is 11.1. The van der Waals surface area contributed by atoms with Gasteiger partial charge in [-0.25, -0.2) is 4.98 Å². The molecule has 1 aliphatic rings. The van der Waals surface area contributed by atoms with Crippen molar-refractivity contribution in [3.8, 4) is 0 Å². The lowest BCUT2D eigenvalue weighted by Gasteiger charge is -2.21. The number of amides is 1. The third-order valence-electron chi connectivity index (χ3n) is 4.11. The summed E-state index contributed by atoms with van der Waals surface area (Å²) < 4.78 is 1.78. The Labute approximate surface area is 140 Å². The molecular weight excluding hydrogens is 310 g/mol. The van der Waals surface area contributed by atoms with Crippen LogP contribution in [0.3, 0.4) is 0 Å². The maximum atomic E-state index is 12.4. The zero-order valence-electron chi connectivity index (χ0n) is 13.7. The van der Waals surface area contributed by atoms with Gasteiger partial charge in [0.25, 0.3) is 0 Å². The number of thiazole rings is 1. The molecule has 124 valence electrons. The molecule has 0 bridgehead atoms. The van der Waals surface area contributed by atoms with Crippen LogP contribution < -0.4 is 4.90 Å². The lowest BCUT2D eigenvalue weighted by Crippen LogP contribution is -2.35. The average molecular weight is 333 g/mol. The van der Waals surface area contributed by atoms with Gasteiger partial charge in [0.2, 0.25) is 5.91 Å². The van der Waals surface area contributed by atoms with E-state index in [0.717, 1.165) is 55.4 Å². The number of aromatic nitrogens is 3. The summed E-state index contributed by atoms with van der Waals surface area (Å²) in [6.45, 7) is 5.48. The van der Waals surface area contributed by atoms with E-state index in [-0.39, 0.29) is 5.91 Å². The van der Waals surface area contributed by atoms with E-state index < -0.39 is 0 Å². The number of hydrogen-bond donors (Lipinski definition) is 0. The standard InChI is InChI=1S/C16H23N5OS/c1-13-12-23-16(18-13)21-7-3-6-20(8-9-21)15(22)5-4-14-10-17-19(2)11-14/h10-12H,3-9H2,1-2H3. The van der Waals surface area contributed by atoms with Crippen molar-refractivity contribution >= 4 is 22.4 Å². The second-order valence-corrected chi connectivity index (χ2v) is 6.85. The Bertz CT molecular complexity index is 665. The smallest absolute Gasteiger partial charge is 0.222 e. The highest BCUT2D eigenvalue weighted by molar-refractivity contribution is 7.13. The molecule has 1 amide bonds. The molecular formula is C16H23N5OS. The van der Waals surface area contributed by atoms with Crippen LogP contribution in [0.5, 0.6) is 0 Å². The number of nitrogens with zero attached hydrogens (tertiary/aromatic N) is 5. The fourth-order valence-electron chi connectivity index (χ4n) is 2.86. The highest BCUT2D eigenvalue weighted by Crippen LogP contribution is 2.21. The maximum Gasteiger partial charge on any atom is 0.222 e. The second kappa shape index (κ2) is 7.12. The molecule has 0 saturated carbocycles. The fourth-order valence-corrected chi connectivity index (χ4v) is 3.71. The third kappa shape index (κ3) is 4.10. The molecule has 0 aliphatic carbocycles. The number of rotatable bonds is 4. The molecule has 2 aromatic rings. The van der Waals surface area contributed by atoms with Crippen molar-refractivity contribution < 1.29 is 4.79 Å². The monoisotopic (exact) mass is 333 g/mol. The van der Waals surface area contributed by atoms with Crippen molar-refractivity contribution in [1.29, 1.82) is 0 Å². The first-order valence-electron chi connectivity index (χ1n) is 8.04. The Morgan fingerprint density at radius 3 is 2.87 bits per heavy atom. The normalized spacial score (nSPS) is 15.7. The summed E-state index contributed by atoms with van der Waals surface area (Å²) >= 11 is 1.69. The Hall–Kier alpha value is -1.89. The number of anilines is 1. The second-order valence-electron chi connectivity index (χ2n) is 6.02. The quantitative estimate of drug-likeness (QED) is 0.857. The lowest BCUT2D eigenvalue weighted by molar-refractivity contribution is -0.130. The van der Waals surface area contributed by atoms with E-state index in [4.69, 9.17) is 0 Å². The summed E-state index contributed by atoms with van der Waals surface area (Å²) in [7, 11) is 1.90. The van der Waals surface area contributed by atoms with Crippen LogP contribution in [-0.2, 0) is 18.3 Å². The molecule has 1 saturated heterocycles. The average Bonchev–Trinajstić information content (AvgIpc) is 3.06. The van der Waals surface area contributed by atoms with Gasteiger partial charge in [-0.2, -0.15) is 5.10 Å². The Morgan fingerprint density at radius 2 is 2.17 bits per heavy atom.